The number of fused-ring (bicyclic) bond motifs is 1. The topological polar surface area (TPSA) is 95.8 Å². The van der Waals surface area contributed by atoms with Gasteiger partial charge in [0.1, 0.15) is 5.76 Å². The van der Waals surface area contributed by atoms with Crippen LogP contribution < -0.4 is 5.32 Å². The summed E-state index contributed by atoms with van der Waals surface area (Å²) in [6, 6.07) is 1.66. The number of aryl methyl sites for hydroxylation is 1. The van der Waals surface area contributed by atoms with E-state index in [1.807, 2.05) is 9.80 Å². The van der Waals surface area contributed by atoms with E-state index in [1.165, 1.54) is 6.92 Å². The predicted molar refractivity (Wildman–Crippen MR) is 93.2 cm³/mol. The zero-order chi connectivity index (χ0) is 18.7. The standard InChI is InChI=1S/C18H26N4O4/c1-12-9-16(20-26-12)18(25)22-7-3-14-10-17(24)21(6-4-15(14)11-22)8-5-19-13(2)23/h9,14-15H,3-8,10-11H2,1-2H3,(H,19,23)/t14-,15-/m0/s1. The first-order valence-electron chi connectivity index (χ1n) is 9.19. The minimum atomic E-state index is -0.0987. The molecule has 8 heteroatoms. The number of hydrogen-bond donors (Lipinski definition) is 1. The van der Waals surface area contributed by atoms with Gasteiger partial charge in [0.05, 0.1) is 0 Å². The number of amides is 3. The average Bonchev–Trinajstić information content (AvgIpc) is 2.97. The van der Waals surface area contributed by atoms with Crippen molar-refractivity contribution in [2.45, 2.75) is 33.1 Å². The third-order valence-corrected chi connectivity index (χ3v) is 5.34. The van der Waals surface area contributed by atoms with E-state index in [4.69, 9.17) is 4.52 Å². The van der Waals surface area contributed by atoms with E-state index in [2.05, 4.69) is 10.5 Å². The number of aromatic nitrogens is 1. The smallest absolute Gasteiger partial charge is 0.276 e. The quantitative estimate of drug-likeness (QED) is 0.855. The average molecular weight is 362 g/mol. The Hall–Kier alpha value is -2.38. The summed E-state index contributed by atoms with van der Waals surface area (Å²) in [5.74, 6) is 1.22. The van der Waals surface area contributed by atoms with Gasteiger partial charge in [0.2, 0.25) is 11.8 Å². The maximum Gasteiger partial charge on any atom is 0.276 e. The first-order chi connectivity index (χ1) is 12.4. The largest absolute Gasteiger partial charge is 0.361 e. The maximum atomic E-state index is 12.6. The van der Waals surface area contributed by atoms with Gasteiger partial charge in [-0.2, -0.15) is 0 Å². The molecule has 8 nitrogen and oxygen atoms in total. The highest BCUT2D eigenvalue weighted by atomic mass is 16.5. The van der Waals surface area contributed by atoms with E-state index in [1.54, 1.807) is 13.0 Å². The first kappa shape index (κ1) is 18.4. The van der Waals surface area contributed by atoms with Crippen molar-refractivity contribution < 1.29 is 18.9 Å². The fourth-order valence-electron chi connectivity index (χ4n) is 3.89. The molecule has 0 aliphatic carbocycles. The molecule has 0 radical (unpaired) electrons. The van der Waals surface area contributed by atoms with Gasteiger partial charge in [0, 0.05) is 52.1 Å². The number of nitrogens with one attached hydrogen (secondary N) is 1. The van der Waals surface area contributed by atoms with Crippen LogP contribution in [0, 0.1) is 18.8 Å². The Morgan fingerprint density at radius 3 is 2.77 bits per heavy atom. The SMILES string of the molecule is CC(=O)NCCN1CC[C@H]2CN(C(=O)c3cc(C)on3)CC[C@H]2CC1=O. The van der Waals surface area contributed by atoms with Gasteiger partial charge < -0.3 is 19.6 Å². The number of carbonyl (C=O) groups is 3. The molecule has 0 aromatic carbocycles. The molecule has 142 valence electrons. The van der Waals surface area contributed by atoms with Crippen molar-refractivity contribution in [2.75, 3.05) is 32.7 Å². The van der Waals surface area contributed by atoms with Gasteiger partial charge in [0.25, 0.3) is 5.91 Å². The maximum absolute atomic E-state index is 12.6. The zero-order valence-electron chi connectivity index (χ0n) is 15.4. The second kappa shape index (κ2) is 7.88. The van der Waals surface area contributed by atoms with E-state index in [0.717, 1.165) is 12.8 Å². The molecule has 3 heterocycles. The van der Waals surface area contributed by atoms with E-state index >= 15 is 0 Å². The molecule has 1 aromatic heterocycles. The van der Waals surface area contributed by atoms with E-state index in [9.17, 15) is 14.4 Å². The molecule has 2 aliphatic rings. The molecule has 1 N–H and O–H groups in total. The Balaban J connectivity index is 1.58. The van der Waals surface area contributed by atoms with Gasteiger partial charge >= 0.3 is 0 Å². The van der Waals surface area contributed by atoms with Gasteiger partial charge in [0.15, 0.2) is 5.69 Å². The lowest BCUT2D eigenvalue weighted by atomic mass is 9.82. The van der Waals surface area contributed by atoms with Crippen LogP contribution in [0.4, 0.5) is 0 Å². The molecule has 2 fully saturated rings. The minimum absolute atomic E-state index is 0.0850. The van der Waals surface area contributed by atoms with Crippen LogP contribution in [0.3, 0.4) is 0 Å². The van der Waals surface area contributed by atoms with E-state index in [-0.39, 0.29) is 17.7 Å². The van der Waals surface area contributed by atoms with Crippen molar-refractivity contribution in [3.63, 3.8) is 0 Å². The predicted octanol–water partition coefficient (Wildman–Crippen LogP) is 0.820. The van der Waals surface area contributed by atoms with Crippen LogP contribution in [0.25, 0.3) is 0 Å². The zero-order valence-corrected chi connectivity index (χ0v) is 15.4. The molecule has 1 aromatic rings. The lowest BCUT2D eigenvalue weighted by molar-refractivity contribution is -0.132. The molecular formula is C18H26N4O4. The Morgan fingerprint density at radius 1 is 1.31 bits per heavy atom. The molecule has 0 unspecified atom stereocenters. The van der Waals surface area contributed by atoms with E-state index < -0.39 is 0 Å². The van der Waals surface area contributed by atoms with Crippen LogP contribution in [-0.4, -0.2) is 65.4 Å². The normalized spacial score (nSPS) is 23.4. The van der Waals surface area contributed by atoms with Crippen molar-refractivity contribution in [1.29, 1.82) is 0 Å². The van der Waals surface area contributed by atoms with Gasteiger partial charge in [-0.25, -0.2) is 0 Å². The molecular weight excluding hydrogens is 336 g/mol. The second-order valence-electron chi connectivity index (χ2n) is 7.24. The molecule has 0 saturated carbocycles. The summed E-state index contributed by atoms with van der Waals surface area (Å²) in [7, 11) is 0. The summed E-state index contributed by atoms with van der Waals surface area (Å²) in [4.78, 5) is 39.7. The van der Waals surface area contributed by atoms with Crippen LogP contribution >= 0.6 is 0 Å². The van der Waals surface area contributed by atoms with Crippen LogP contribution in [0.5, 0.6) is 0 Å². The van der Waals surface area contributed by atoms with E-state index in [0.29, 0.717) is 62.4 Å². The van der Waals surface area contributed by atoms with Crippen molar-refractivity contribution in [3.8, 4) is 0 Å². The minimum Gasteiger partial charge on any atom is -0.361 e. The Kier molecular flexibility index (Phi) is 5.58. The highest BCUT2D eigenvalue weighted by Crippen LogP contribution is 2.32. The molecule has 2 saturated heterocycles. The first-order valence-corrected chi connectivity index (χ1v) is 9.19. The number of piperidine rings is 1. The summed E-state index contributed by atoms with van der Waals surface area (Å²) in [6.45, 7) is 6.23. The second-order valence-corrected chi connectivity index (χ2v) is 7.24. The van der Waals surface area contributed by atoms with Crippen molar-refractivity contribution >= 4 is 17.7 Å². The lowest BCUT2D eigenvalue weighted by Crippen LogP contribution is -2.44. The monoisotopic (exact) mass is 362 g/mol. The highest BCUT2D eigenvalue weighted by molar-refractivity contribution is 5.92. The molecule has 2 aliphatic heterocycles. The van der Waals surface area contributed by atoms with Gasteiger partial charge in [-0.15, -0.1) is 0 Å². The lowest BCUT2D eigenvalue weighted by Gasteiger charge is -2.36. The number of nitrogens with zero attached hydrogens (tertiary/aromatic N) is 3. The Bertz CT molecular complexity index is 686. The van der Waals surface area contributed by atoms with Crippen LogP contribution in [-0.2, 0) is 9.59 Å². The summed E-state index contributed by atoms with van der Waals surface area (Å²) in [6.07, 6.45) is 2.23. The number of hydrogen-bond acceptors (Lipinski definition) is 5. The third-order valence-electron chi connectivity index (χ3n) is 5.34. The van der Waals surface area contributed by atoms with Crippen molar-refractivity contribution in [1.82, 2.24) is 20.3 Å². The Morgan fingerprint density at radius 2 is 2.08 bits per heavy atom. The molecule has 3 rings (SSSR count). The summed E-state index contributed by atoms with van der Waals surface area (Å²) in [5, 5.41) is 6.56. The number of rotatable bonds is 4. The molecule has 0 spiro atoms. The van der Waals surface area contributed by atoms with Crippen LogP contribution in [0.1, 0.15) is 42.4 Å². The highest BCUT2D eigenvalue weighted by Gasteiger charge is 2.36. The molecule has 3 amide bonds. The fourth-order valence-corrected chi connectivity index (χ4v) is 3.89. The van der Waals surface area contributed by atoms with Gasteiger partial charge in [-0.1, -0.05) is 5.16 Å². The molecule has 2 atom stereocenters. The van der Waals surface area contributed by atoms with Crippen LogP contribution in [0.15, 0.2) is 10.6 Å². The van der Waals surface area contributed by atoms with Crippen molar-refractivity contribution in [2.24, 2.45) is 11.8 Å². The third kappa shape index (κ3) is 4.23. The van der Waals surface area contributed by atoms with Gasteiger partial charge in [-0.3, -0.25) is 14.4 Å². The van der Waals surface area contributed by atoms with Crippen molar-refractivity contribution in [3.05, 3.63) is 17.5 Å². The summed E-state index contributed by atoms with van der Waals surface area (Å²) in [5.41, 5.74) is 0.350. The van der Waals surface area contributed by atoms with Crippen LogP contribution in [0.2, 0.25) is 0 Å². The number of carbonyl (C=O) groups excluding carboxylic acids is 3. The fraction of sp³-hybridized carbons (Fsp3) is 0.667. The number of likely N-dealkylation sites (tertiary alicyclic amines) is 2. The van der Waals surface area contributed by atoms with Gasteiger partial charge in [-0.05, 0) is 31.6 Å². The Labute approximate surface area is 152 Å². The summed E-state index contributed by atoms with van der Waals surface area (Å²) >= 11 is 0. The molecule has 0 bridgehead atoms. The molecule has 26 heavy (non-hydrogen) atoms. The summed E-state index contributed by atoms with van der Waals surface area (Å²) < 4.78 is 5.01.